The first kappa shape index (κ1) is 19.4. The number of amides is 1. The second-order valence-corrected chi connectivity index (χ2v) is 7.79. The van der Waals surface area contributed by atoms with Crippen molar-refractivity contribution < 1.29 is 13.9 Å². The molecule has 152 valence electrons. The molecule has 2 aromatic carbocycles. The van der Waals surface area contributed by atoms with Gasteiger partial charge < -0.3 is 19.0 Å². The van der Waals surface area contributed by atoms with E-state index >= 15 is 0 Å². The van der Waals surface area contributed by atoms with E-state index in [2.05, 4.69) is 30.0 Å². The zero-order valence-electron chi connectivity index (χ0n) is 17.6. The number of carbonyl (C=O) groups is 1. The van der Waals surface area contributed by atoms with Crippen LogP contribution in [-0.4, -0.2) is 44.1 Å². The summed E-state index contributed by atoms with van der Waals surface area (Å²) in [6, 6.07) is 12.2. The van der Waals surface area contributed by atoms with Crippen molar-refractivity contribution in [2.75, 3.05) is 38.2 Å². The van der Waals surface area contributed by atoms with Gasteiger partial charge in [0.2, 0.25) is 0 Å². The Bertz CT molecular complexity index is 1040. The molecule has 5 heteroatoms. The summed E-state index contributed by atoms with van der Waals surface area (Å²) in [5, 5.41) is 1.07. The van der Waals surface area contributed by atoms with Crippen LogP contribution in [0.2, 0.25) is 0 Å². The van der Waals surface area contributed by atoms with E-state index < -0.39 is 0 Å². The van der Waals surface area contributed by atoms with Crippen LogP contribution in [0, 0.1) is 20.8 Å². The number of benzene rings is 2. The molecule has 5 nitrogen and oxygen atoms in total. The van der Waals surface area contributed by atoms with Crippen molar-refractivity contribution in [2.45, 2.75) is 27.2 Å². The van der Waals surface area contributed by atoms with Crippen LogP contribution in [-0.2, 0) is 0 Å². The van der Waals surface area contributed by atoms with Gasteiger partial charge >= 0.3 is 0 Å². The molecule has 2 heterocycles. The maximum atomic E-state index is 13.3. The number of methoxy groups -OCH3 is 1. The number of rotatable bonds is 3. The normalized spacial score (nSPS) is 14.9. The molecule has 4 rings (SSSR count). The third-order valence-electron chi connectivity index (χ3n) is 5.90. The highest BCUT2D eigenvalue weighted by molar-refractivity contribution is 6.00. The van der Waals surface area contributed by atoms with Gasteiger partial charge in [-0.1, -0.05) is 12.1 Å². The summed E-state index contributed by atoms with van der Waals surface area (Å²) in [5.74, 6) is 1.33. The molecule has 1 saturated heterocycles. The Morgan fingerprint density at radius 1 is 0.931 bits per heavy atom. The molecule has 1 aliphatic rings. The average Bonchev–Trinajstić information content (AvgIpc) is 2.92. The van der Waals surface area contributed by atoms with Gasteiger partial charge in [-0.2, -0.15) is 0 Å². The Kier molecular flexibility index (Phi) is 5.22. The highest BCUT2D eigenvalue weighted by Crippen LogP contribution is 2.31. The summed E-state index contributed by atoms with van der Waals surface area (Å²) in [6.07, 6.45) is 0.926. The van der Waals surface area contributed by atoms with Gasteiger partial charge in [-0.15, -0.1) is 0 Å². The summed E-state index contributed by atoms with van der Waals surface area (Å²) in [6.45, 7) is 9.23. The van der Waals surface area contributed by atoms with Crippen LogP contribution in [0.3, 0.4) is 0 Å². The van der Waals surface area contributed by atoms with Gasteiger partial charge in [-0.05, 0) is 62.6 Å². The number of fused-ring (bicyclic) bond motifs is 1. The lowest BCUT2D eigenvalue weighted by molar-refractivity contribution is 0.0736. The van der Waals surface area contributed by atoms with E-state index in [9.17, 15) is 4.79 Å². The van der Waals surface area contributed by atoms with Crippen LogP contribution in [0.5, 0.6) is 5.75 Å². The van der Waals surface area contributed by atoms with Gasteiger partial charge in [0.05, 0.1) is 7.11 Å². The van der Waals surface area contributed by atoms with Gasteiger partial charge in [0.15, 0.2) is 5.76 Å². The predicted octanol–water partition coefficient (Wildman–Crippen LogP) is 4.72. The number of aryl methyl sites for hydroxylation is 3. The second-order valence-electron chi connectivity index (χ2n) is 7.79. The molecule has 1 aliphatic heterocycles. The van der Waals surface area contributed by atoms with E-state index in [1.54, 1.807) is 7.11 Å². The molecular formula is C24H28N2O3. The van der Waals surface area contributed by atoms with Crippen LogP contribution in [0.15, 0.2) is 40.8 Å². The van der Waals surface area contributed by atoms with Crippen molar-refractivity contribution >= 4 is 22.6 Å². The minimum Gasteiger partial charge on any atom is -0.497 e. The molecule has 3 aromatic rings. The van der Waals surface area contributed by atoms with Crippen LogP contribution in [0.1, 0.15) is 33.7 Å². The molecule has 0 N–H and O–H groups in total. The Morgan fingerprint density at radius 3 is 2.34 bits per heavy atom. The zero-order valence-corrected chi connectivity index (χ0v) is 17.6. The van der Waals surface area contributed by atoms with Crippen molar-refractivity contribution in [3.63, 3.8) is 0 Å². The molecule has 1 aromatic heterocycles. The molecule has 1 amide bonds. The largest absolute Gasteiger partial charge is 0.497 e. The van der Waals surface area contributed by atoms with Gasteiger partial charge in [-0.3, -0.25) is 4.79 Å². The van der Waals surface area contributed by atoms with Crippen LogP contribution in [0.4, 0.5) is 5.69 Å². The molecule has 0 spiro atoms. The van der Waals surface area contributed by atoms with E-state index in [4.69, 9.17) is 9.15 Å². The van der Waals surface area contributed by atoms with Crippen molar-refractivity contribution in [3.8, 4) is 5.75 Å². The summed E-state index contributed by atoms with van der Waals surface area (Å²) < 4.78 is 11.3. The lowest BCUT2D eigenvalue weighted by Gasteiger charge is -2.23. The highest BCUT2D eigenvalue weighted by Gasteiger charge is 2.26. The van der Waals surface area contributed by atoms with Gasteiger partial charge in [0.1, 0.15) is 11.3 Å². The molecule has 0 unspecified atom stereocenters. The minimum absolute atomic E-state index is 0.00548. The maximum Gasteiger partial charge on any atom is 0.289 e. The first-order valence-electron chi connectivity index (χ1n) is 10.2. The number of ether oxygens (including phenoxy) is 1. The lowest BCUT2D eigenvalue weighted by Crippen LogP contribution is -2.35. The summed E-state index contributed by atoms with van der Waals surface area (Å²) >= 11 is 0. The fourth-order valence-corrected chi connectivity index (χ4v) is 4.19. The molecule has 1 fully saturated rings. The first-order chi connectivity index (χ1) is 14.0. The predicted molar refractivity (Wildman–Crippen MR) is 116 cm³/mol. The van der Waals surface area contributed by atoms with Crippen LogP contribution >= 0.6 is 0 Å². The molecule has 29 heavy (non-hydrogen) atoms. The quantitative estimate of drug-likeness (QED) is 0.647. The first-order valence-corrected chi connectivity index (χ1v) is 10.2. The zero-order chi connectivity index (χ0) is 20.5. The Morgan fingerprint density at radius 2 is 1.66 bits per heavy atom. The number of hydrogen-bond acceptors (Lipinski definition) is 4. The van der Waals surface area contributed by atoms with Crippen molar-refractivity contribution in [1.82, 2.24) is 4.90 Å². The molecule has 0 atom stereocenters. The Hall–Kier alpha value is -2.95. The number of nitrogens with zero attached hydrogens (tertiary/aromatic N) is 2. The number of hydrogen-bond donors (Lipinski definition) is 0. The Labute approximate surface area is 171 Å². The fraction of sp³-hybridized carbons (Fsp3) is 0.375. The topological polar surface area (TPSA) is 45.9 Å². The third kappa shape index (κ3) is 3.57. The smallest absolute Gasteiger partial charge is 0.289 e. The van der Waals surface area contributed by atoms with Crippen LogP contribution < -0.4 is 9.64 Å². The van der Waals surface area contributed by atoms with Gasteiger partial charge in [0.25, 0.3) is 5.91 Å². The van der Waals surface area contributed by atoms with E-state index in [0.717, 1.165) is 65.2 Å². The van der Waals surface area contributed by atoms with Gasteiger partial charge in [0, 0.05) is 42.8 Å². The monoisotopic (exact) mass is 392 g/mol. The number of carbonyl (C=O) groups excluding carboxylic acids is 1. The molecule has 0 aliphatic carbocycles. The molecule has 0 radical (unpaired) electrons. The lowest BCUT2D eigenvalue weighted by atomic mass is 10.0. The average molecular weight is 392 g/mol. The number of furan rings is 1. The minimum atomic E-state index is -0.00548. The van der Waals surface area contributed by atoms with Crippen LogP contribution in [0.25, 0.3) is 11.0 Å². The fourth-order valence-electron chi connectivity index (χ4n) is 4.19. The molecule has 0 saturated carbocycles. The summed E-state index contributed by atoms with van der Waals surface area (Å²) in [4.78, 5) is 17.5. The third-order valence-corrected chi connectivity index (χ3v) is 5.90. The van der Waals surface area contributed by atoms with Gasteiger partial charge in [-0.25, -0.2) is 0 Å². The second kappa shape index (κ2) is 7.82. The Balaban J connectivity index is 1.54. The van der Waals surface area contributed by atoms with E-state index in [1.807, 2.05) is 36.9 Å². The van der Waals surface area contributed by atoms with E-state index in [0.29, 0.717) is 12.3 Å². The maximum absolute atomic E-state index is 13.3. The summed E-state index contributed by atoms with van der Waals surface area (Å²) in [7, 11) is 1.67. The SMILES string of the molecule is COc1ccc(N2CCCN(C(=O)c3oc4c(C)ccc(C)c4c3C)CC2)cc1. The summed E-state index contributed by atoms with van der Waals surface area (Å²) in [5.41, 5.74) is 5.15. The van der Waals surface area contributed by atoms with Crippen molar-refractivity contribution in [2.24, 2.45) is 0 Å². The molecule has 0 bridgehead atoms. The van der Waals surface area contributed by atoms with E-state index in [-0.39, 0.29) is 5.91 Å². The highest BCUT2D eigenvalue weighted by atomic mass is 16.5. The van der Waals surface area contributed by atoms with Crippen molar-refractivity contribution in [1.29, 1.82) is 0 Å². The standard InChI is InChI=1S/C24H28N2O3/c1-16-6-7-17(2)22-21(16)18(3)23(29-22)24(27)26-13-5-12-25(14-15-26)19-8-10-20(28-4)11-9-19/h6-11H,5,12-15H2,1-4H3. The molecular weight excluding hydrogens is 364 g/mol. The van der Waals surface area contributed by atoms with Crippen molar-refractivity contribution in [3.05, 3.63) is 58.8 Å². The van der Waals surface area contributed by atoms with E-state index in [1.165, 1.54) is 0 Å². The number of anilines is 1.